The third kappa shape index (κ3) is 4.04. The van der Waals surface area contributed by atoms with E-state index in [2.05, 4.69) is 15.2 Å². The van der Waals surface area contributed by atoms with Crippen LogP contribution in [0.2, 0.25) is 0 Å². The Bertz CT molecular complexity index is 1070. The maximum absolute atomic E-state index is 12.7. The minimum atomic E-state index is -0.435. The number of Topliss-reactive ketones (excluding diaryl/α,β-unsaturated/α-hetero) is 1. The van der Waals surface area contributed by atoms with Crippen molar-refractivity contribution in [3.05, 3.63) is 52.3 Å². The van der Waals surface area contributed by atoms with Crippen molar-refractivity contribution >= 4 is 23.5 Å². The number of carbonyl (C=O) groups is 2. The van der Waals surface area contributed by atoms with Crippen LogP contribution in [0.25, 0.3) is 11.4 Å². The lowest BCUT2D eigenvalue weighted by Crippen LogP contribution is -2.13. The number of nitrogens with two attached hydrogens (primary N) is 1. The van der Waals surface area contributed by atoms with Crippen LogP contribution in [0.3, 0.4) is 0 Å². The summed E-state index contributed by atoms with van der Waals surface area (Å²) in [6.07, 6.45) is 0. The summed E-state index contributed by atoms with van der Waals surface area (Å²) in [5.41, 5.74) is 3.91. The van der Waals surface area contributed by atoms with Crippen LogP contribution < -0.4 is 5.84 Å². The molecule has 0 bridgehead atoms. The highest BCUT2D eigenvalue weighted by Gasteiger charge is 2.23. The number of ether oxygens (including phenoxy) is 1. The Morgan fingerprint density at radius 1 is 1.21 bits per heavy atom. The van der Waals surface area contributed by atoms with Gasteiger partial charge in [-0.25, -0.2) is 9.47 Å². The van der Waals surface area contributed by atoms with Crippen molar-refractivity contribution < 1.29 is 14.3 Å². The van der Waals surface area contributed by atoms with E-state index in [0.29, 0.717) is 33.5 Å². The predicted molar refractivity (Wildman–Crippen MR) is 112 cm³/mol. The Hall–Kier alpha value is -3.07. The van der Waals surface area contributed by atoms with Crippen molar-refractivity contribution in [3.8, 4) is 11.4 Å². The van der Waals surface area contributed by atoms with Crippen LogP contribution in [-0.2, 0) is 4.74 Å². The van der Waals surface area contributed by atoms with Crippen LogP contribution >= 0.6 is 11.8 Å². The van der Waals surface area contributed by atoms with Crippen molar-refractivity contribution in [1.82, 2.24) is 19.9 Å². The van der Waals surface area contributed by atoms with Crippen molar-refractivity contribution in [1.29, 1.82) is 0 Å². The molecule has 2 heterocycles. The maximum Gasteiger partial charge on any atom is 0.340 e. The fraction of sp³-hybridized carbons (Fsp3) is 0.300. The number of thioether (sulfide) groups is 1. The van der Waals surface area contributed by atoms with Crippen LogP contribution in [-0.4, -0.2) is 44.0 Å². The molecule has 9 heteroatoms. The number of hydrogen-bond acceptors (Lipinski definition) is 7. The maximum atomic E-state index is 12.7. The van der Waals surface area contributed by atoms with Gasteiger partial charge in [0.2, 0.25) is 5.16 Å². The number of nitrogens with zero attached hydrogens (tertiary/aromatic N) is 3. The van der Waals surface area contributed by atoms with Crippen LogP contribution in [0.15, 0.2) is 29.4 Å². The highest BCUT2D eigenvalue weighted by molar-refractivity contribution is 7.99. The van der Waals surface area contributed by atoms with E-state index in [0.717, 1.165) is 11.1 Å². The van der Waals surface area contributed by atoms with E-state index in [1.165, 1.54) is 16.4 Å². The van der Waals surface area contributed by atoms with E-state index in [1.807, 2.05) is 31.2 Å². The Morgan fingerprint density at radius 3 is 2.62 bits per heavy atom. The lowest BCUT2D eigenvalue weighted by atomic mass is 10.1. The van der Waals surface area contributed by atoms with E-state index in [9.17, 15) is 9.59 Å². The molecule has 152 valence electrons. The number of H-pyrrole nitrogens is 1. The van der Waals surface area contributed by atoms with E-state index >= 15 is 0 Å². The van der Waals surface area contributed by atoms with Gasteiger partial charge in [-0.1, -0.05) is 36.0 Å². The third-order valence-electron chi connectivity index (χ3n) is 4.58. The molecule has 0 fully saturated rings. The molecule has 0 atom stereocenters. The lowest BCUT2D eigenvalue weighted by Gasteiger charge is -2.06. The standard InChI is InChI=1S/C20H23N5O3S/c1-5-28-19(27)16-12(3)17(22-13(16)4)15(26)10-29-20-24-23-18(25(20)21)14-9-7-6-8-11(14)2/h6-9,22H,5,10,21H2,1-4H3. The van der Waals surface area contributed by atoms with Gasteiger partial charge in [0.25, 0.3) is 0 Å². The van der Waals surface area contributed by atoms with Crippen LogP contribution in [0, 0.1) is 20.8 Å². The molecule has 8 nitrogen and oxygen atoms in total. The first-order valence-electron chi connectivity index (χ1n) is 9.13. The van der Waals surface area contributed by atoms with Crippen molar-refractivity contribution in [2.75, 3.05) is 18.2 Å². The average Bonchev–Trinajstić information content (AvgIpc) is 3.19. The fourth-order valence-corrected chi connectivity index (χ4v) is 3.85. The highest BCUT2D eigenvalue weighted by Crippen LogP contribution is 2.26. The summed E-state index contributed by atoms with van der Waals surface area (Å²) in [5.74, 6) is 6.20. The van der Waals surface area contributed by atoms with E-state index < -0.39 is 5.97 Å². The molecule has 0 saturated carbocycles. The Morgan fingerprint density at radius 2 is 1.93 bits per heavy atom. The molecule has 3 rings (SSSR count). The number of benzene rings is 1. The molecule has 0 unspecified atom stereocenters. The summed E-state index contributed by atoms with van der Waals surface area (Å²) >= 11 is 1.19. The zero-order chi connectivity index (χ0) is 21.1. The Balaban J connectivity index is 1.76. The number of aromatic nitrogens is 4. The van der Waals surface area contributed by atoms with Gasteiger partial charge in [0.05, 0.1) is 23.6 Å². The van der Waals surface area contributed by atoms with Gasteiger partial charge in [0, 0.05) is 11.3 Å². The summed E-state index contributed by atoms with van der Waals surface area (Å²) < 4.78 is 6.45. The SMILES string of the molecule is CCOC(=O)c1c(C)[nH]c(C(=O)CSc2nnc(-c3ccccc3C)n2N)c1C. The average molecular weight is 414 g/mol. The van der Waals surface area contributed by atoms with Gasteiger partial charge in [0.1, 0.15) is 0 Å². The number of carbonyl (C=O) groups excluding carboxylic acids is 2. The molecule has 3 N–H and O–H groups in total. The monoisotopic (exact) mass is 413 g/mol. The molecule has 0 aliphatic rings. The number of aromatic amines is 1. The molecule has 0 radical (unpaired) electrons. The van der Waals surface area contributed by atoms with Gasteiger partial charge in [-0.05, 0) is 38.8 Å². The Labute approximate surface area is 172 Å². The Kier molecular flexibility index (Phi) is 6.07. The summed E-state index contributed by atoms with van der Waals surface area (Å²) in [6.45, 7) is 7.46. The first-order chi connectivity index (χ1) is 13.8. The van der Waals surface area contributed by atoms with Crippen LogP contribution in [0.5, 0.6) is 0 Å². The van der Waals surface area contributed by atoms with Gasteiger partial charge in [0.15, 0.2) is 11.6 Å². The first-order valence-corrected chi connectivity index (χ1v) is 10.1. The van der Waals surface area contributed by atoms with E-state index in [-0.39, 0.29) is 18.1 Å². The van der Waals surface area contributed by atoms with Crippen molar-refractivity contribution in [2.45, 2.75) is 32.9 Å². The molecule has 3 aromatic rings. The molecule has 0 saturated heterocycles. The van der Waals surface area contributed by atoms with Crippen LogP contribution in [0.1, 0.15) is 44.6 Å². The molecule has 29 heavy (non-hydrogen) atoms. The molecule has 0 aliphatic carbocycles. The smallest absolute Gasteiger partial charge is 0.340 e. The number of nitrogen functional groups attached to an aromatic ring is 1. The van der Waals surface area contributed by atoms with E-state index in [4.69, 9.17) is 10.6 Å². The van der Waals surface area contributed by atoms with Gasteiger partial charge in [-0.3, -0.25) is 4.79 Å². The van der Waals surface area contributed by atoms with Gasteiger partial charge in [-0.2, -0.15) is 0 Å². The second-order valence-electron chi connectivity index (χ2n) is 6.55. The summed E-state index contributed by atoms with van der Waals surface area (Å²) in [4.78, 5) is 27.8. The molecule has 1 aromatic carbocycles. The summed E-state index contributed by atoms with van der Waals surface area (Å²) in [5, 5.41) is 8.71. The zero-order valence-electron chi connectivity index (χ0n) is 16.8. The predicted octanol–water partition coefficient (Wildman–Crippen LogP) is 3.06. The third-order valence-corrected chi connectivity index (χ3v) is 5.52. The summed E-state index contributed by atoms with van der Waals surface area (Å²) in [7, 11) is 0. The highest BCUT2D eigenvalue weighted by atomic mass is 32.2. The minimum Gasteiger partial charge on any atom is -0.462 e. The zero-order valence-corrected chi connectivity index (χ0v) is 17.6. The molecule has 0 spiro atoms. The molecule has 2 aromatic heterocycles. The van der Waals surface area contributed by atoms with Crippen LogP contribution in [0.4, 0.5) is 0 Å². The number of esters is 1. The fourth-order valence-electron chi connectivity index (χ4n) is 3.12. The number of rotatable bonds is 7. The number of ketones is 1. The first kappa shape index (κ1) is 20.7. The lowest BCUT2D eigenvalue weighted by molar-refractivity contribution is 0.0525. The number of hydrogen-bond donors (Lipinski definition) is 2. The normalized spacial score (nSPS) is 10.9. The van der Waals surface area contributed by atoms with Crippen molar-refractivity contribution in [3.63, 3.8) is 0 Å². The second kappa shape index (κ2) is 8.52. The number of aryl methyl sites for hydroxylation is 2. The molecular formula is C20H23N5O3S. The summed E-state index contributed by atoms with van der Waals surface area (Å²) in [6, 6.07) is 7.74. The quantitative estimate of drug-likeness (QED) is 0.265. The second-order valence-corrected chi connectivity index (χ2v) is 7.49. The van der Waals surface area contributed by atoms with Gasteiger partial charge < -0.3 is 15.6 Å². The minimum absolute atomic E-state index is 0.103. The van der Waals surface area contributed by atoms with E-state index in [1.54, 1.807) is 20.8 Å². The van der Waals surface area contributed by atoms with Crippen molar-refractivity contribution in [2.24, 2.45) is 0 Å². The molecule has 0 amide bonds. The molecular weight excluding hydrogens is 390 g/mol. The topological polar surface area (TPSA) is 116 Å². The molecule has 0 aliphatic heterocycles. The van der Waals surface area contributed by atoms with Gasteiger partial charge >= 0.3 is 5.97 Å². The number of nitrogens with one attached hydrogen (secondary N) is 1. The largest absolute Gasteiger partial charge is 0.462 e. The van der Waals surface area contributed by atoms with Gasteiger partial charge in [-0.15, -0.1) is 10.2 Å².